The van der Waals surface area contributed by atoms with Crippen LogP contribution in [0.2, 0.25) is 0 Å². The van der Waals surface area contributed by atoms with E-state index in [-0.39, 0.29) is 11.9 Å². The molecule has 0 spiro atoms. The van der Waals surface area contributed by atoms with Crippen molar-refractivity contribution in [3.63, 3.8) is 0 Å². The predicted molar refractivity (Wildman–Crippen MR) is 113 cm³/mol. The fraction of sp³-hybridized carbons (Fsp3) is 0.167. The number of para-hydroxylation sites is 1. The van der Waals surface area contributed by atoms with Gasteiger partial charge in [0.25, 0.3) is 0 Å². The molecule has 0 aliphatic rings. The SMILES string of the molecule is Cc1cccnc1[C@@H](C)NCc1cn(-c2ccccc2)nc1-c1ccc(F)cc1. The van der Waals surface area contributed by atoms with Gasteiger partial charge in [0, 0.05) is 36.1 Å². The van der Waals surface area contributed by atoms with Crippen molar-refractivity contribution >= 4 is 0 Å². The molecule has 2 aromatic carbocycles. The summed E-state index contributed by atoms with van der Waals surface area (Å²) in [7, 11) is 0. The van der Waals surface area contributed by atoms with Crippen LogP contribution in [0.5, 0.6) is 0 Å². The summed E-state index contributed by atoms with van der Waals surface area (Å²) in [5.41, 5.74) is 5.94. The number of hydrogen-bond donors (Lipinski definition) is 1. The maximum atomic E-state index is 13.4. The molecule has 0 aliphatic heterocycles. The van der Waals surface area contributed by atoms with Gasteiger partial charge in [-0.2, -0.15) is 5.10 Å². The largest absolute Gasteiger partial charge is 0.305 e. The van der Waals surface area contributed by atoms with Crippen molar-refractivity contribution in [2.75, 3.05) is 0 Å². The molecule has 4 aromatic rings. The van der Waals surface area contributed by atoms with E-state index in [4.69, 9.17) is 5.10 Å². The van der Waals surface area contributed by atoms with E-state index in [0.717, 1.165) is 33.8 Å². The minimum Gasteiger partial charge on any atom is -0.305 e. The van der Waals surface area contributed by atoms with Gasteiger partial charge in [0.15, 0.2) is 0 Å². The topological polar surface area (TPSA) is 42.7 Å². The Balaban J connectivity index is 1.65. The fourth-order valence-corrected chi connectivity index (χ4v) is 3.41. The van der Waals surface area contributed by atoms with E-state index in [9.17, 15) is 4.39 Å². The van der Waals surface area contributed by atoms with Gasteiger partial charge in [0.1, 0.15) is 5.82 Å². The van der Waals surface area contributed by atoms with E-state index in [1.165, 1.54) is 12.1 Å². The van der Waals surface area contributed by atoms with Crippen LogP contribution in [0.3, 0.4) is 0 Å². The second kappa shape index (κ2) is 8.37. The monoisotopic (exact) mass is 386 g/mol. The number of pyridine rings is 1. The molecular weight excluding hydrogens is 363 g/mol. The van der Waals surface area contributed by atoms with Gasteiger partial charge < -0.3 is 5.32 Å². The summed E-state index contributed by atoms with van der Waals surface area (Å²) in [6.45, 7) is 4.79. The Morgan fingerprint density at radius 2 is 1.76 bits per heavy atom. The zero-order valence-electron chi connectivity index (χ0n) is 16.5. The van der Waals surface area contributed by atoms with Crippen molar-refractivity contribution in [3.05, 3.63) is 102 Å². The second-order valence-corrected chi connectivity index (χ2v) is 7.10. The van der Waals surface area contributed by atoms with Crippen molar-refractivity contribution in [2.24, 2.45) is 0 Å². The van der Waals surface area contributed by atoms with Crippen LogP contribution < -0.4 is 5.32 Å². The third-order valence-corrected chi connectivity index (χ3v) is 4.99. The van der Waals surface area contributed by atoms with Gasteiger partial charge >= 0.3 is 0 Å². The molecule has 1 atom stereocenters. The Kier molecular flexibility index (Phi) is 5.49. The van der Waals surface area contributed by atoms with Gasteiger partial charge in [0.05, 0.1) is 17.1 Å². The highest BCUT2D eigenvalue weighted by atomic mass is 19.1. The van der Waals surface area contributed by atoms with Crippen molar-refractivity contribution < 1.29 is 4.39 Å². The van der Waals surface area contributed by atoms with Crippen LogP contribution >= 0.6 is 0 Å². The summed E-state index contributed by atoms with van der Waals surface area (Å²) in [6, 6.07) is 20.5. The molecule has 1 N–H and O–H groups in total. The van der Waals surface area contributed by atoms with Crippen molar-refractivity contribution in [1.82, 2.24) is 20.1 Å². The number of halogens is 1. The summed E-state index contributed by atoms with van der Waals surface area (Å²) in [6.07, 6.45) is 3.84. The number of rotatable bonds is 6. The van der Waals surface area contributed by atoms with Crippen LogP contribution in [0.1, 0.15) is 29.8 Å². The zero-order valence-corrected chi connectivity index (χ0v) is 16.5. The van der Waals surface area contributed by atoms with Gasteiger partial charge in [-0.25, -0.2) is 9.07 Å². The van der Waals surface area contributed by atoms with E-state index in [1.54, 1.807) is 12.1 Å². The van der Waals surface area contributed by atoms with E-state index in [0.29, 0.717) is 6.54 Å². The Hall–Kier alpha value is -3.31. The van der Waals surface area contributed by atoms with E-state index >= 15 is 0 Å². The van der Waals surface area contributed by atoms with Crippen LogP contribution in [0, 0.1) is 12.7 Å². The number of hydrogen-bond acceptors (Lipinski definition) is 3. The first kappa shape index (κ1) is 19.0. The molecule has 0 radical (unpaired) electrons. The lowest BCUT2D eigenvalue weighted by molar-refractivity contribution is 0.559. The van der Waals surface area contributed by atoms with Crippen LogP contribution in [0.4, 0.5) is 4.39 Å². The molecule has 29 heavy (non-hydrogen) atoms. The van der Waals surface area contributed by atoms with Gasteiger partial charge in [-0.3, -0.25) is 4.98 Å². The number of aromatic nitrogens is 3. The van der Waals surface area contributed by atoms with Crippen LogP contribution in [-0.2, 0) is 6.54 Å². The van der Waals surface area contributed by atoms with Gasteiger partial charge in [-0.05, 0) is 61.9 Å². The fourth-order valence-electron chi connectivity index (χ4n) is 3.41. The number of aryl methyl sites for hydroxylation is 1. The zero-order chi connectivity index (χ0) is 20.2. The molecule has 0 amide bonds. The molecule has 0 bridgehead atoms. The molecule has 2 heterocycles. The summed E-state index contributed by atoms with van der Waals surface area (Å²) in [5, 5.41) is 8.34. The van der Waals surface area contributed by atoms with Gasteiger partial charge in [-0.1, -0.05) is 24.3 Å². The lowest BCUT2D eigenvalue weighted by Crippen LogP contribution is -2.20. The number of benzene rings is 2. The molecule has 5 heteroatoms. The van der Waals surface area contributed by atoms with Crippen LogP contribution in [0.25, 0.3) is 16.9 Å². The highest BCUT2D eigenvalue weighted by Crippen LogP contribution is 2.25. The standard InChI is InChI=1S/C24H23FN4/c1-17-7-6-14-26-23(17)18(2)27-15-20-16-29(22-8-4-3-5-9-22)28-24(20)19-10-12-21(25)13-11-19/h3-14,16,18,27H,15H2,1-2H3/t18-/m1/s1. The van der Waals surface area contributed by atoms with Crippen molar-refractivity contribution in [2.45, 2.75) is 26.4 Å². The average molecular weight is 386 g/mol. The molecule has 0 fully saturated rings. The summed E-state index contributed by atoms with van der Waals surface area (Å²) < 4.78 is 15.3. The Bertz CT molecular complexity index is 1090. The third-order valence-electron chi connectivity index (χ3n) is 4.99. The summed E-state index contributed by atoms with van der Waals surface area (Å²) in [4.78, 5) is 4.51. The lowest BCUT2D eigenvalue weighted by Gasteiger charge is -2.15. The molecular formula is C24H23FN4. The van der Waals surface area contributed by atoms with Crippen molar-refractivity contribution in [1.29, 1.82) is 0 Å². The second-order valence-electron chi connectivity index (χ2n) is 7.10. The molecule has 146 valence electrons. The number of nitrogens with one attached hydrogen (secondary N) is 1. The summed E-state index contributed by atoms with van der Waals surface area (Å²) >= 11 is 0. The molecule has 4 nitrogen and oxygen atoms in total. The maximum Gasteiger partial charge on any atom is 0.123 e. The molecule has 2 aromatic heterocycles. The Labute approximate surface area is 170 Å². The average Bonchev–Trinajstić information content (AvgIpc) is 3.18. The molecule has 0 saturated heterocycles. The quantitative estimate of drug-likeness (QED) is 0.493. The van der Waals surface area contributed by atoms with Gasteiger partial charge in [-0.15, -0.1) is 0 Å². The molecule has 4 rings (SSSR count). The van der Waals surface area contributed by atoms with E-state index < -0.39 is 0 Å². The lowest BCUT2D eigenvalue weighted by atomic mass is 10.1. The minimum atomic E-state index is -0.254. The van der Waals surface area contributed by atoms with Crippen LogP contribution in [0.15, 0.2) is 79.1 Å². The third kappa shape index (κ3) is 4.25. The normalized spacial score (nSPS) is 12.1. The first-order valence-corrected chi connectivity index (χ1v) is 9.66. The minimum absolute atomic E-state index is 0.0948. The predicted octanol–water partition coefficient (Wildman–Crippen LogP) is 5.23. The summed E-state index contributed by atoms with van der Waals surface area (Å²) in [5.74, 6) is -0.254. The molecule has 0 aliphatic carbocycles. The first-order chi connectivity index (χ1) is 14.1. The van der Waals surface area contributed by atoms with E-state index in [2.05, 4.69) is 30.2 Å². The Morgan fingerprint density at radius 3 is 2.48 bits per heavy atom. The van der Waals surface area contributed by atoms with Crippen molar-refractivity contribution in [3.8, 4) is 16.9 Å². The smallest absolute Gasteiger partial charge is 0.123 e. The molecule has 0 unspecified atom stereocenters. The first-order valence-electron chi connectivity index (χ1n) is 9.66. The van der Waals surface area contributed by atoms with Gasteiger partial charge in [0.2, 0.25) is 0 Å². The number of nitrogens with zero attached hydrogens (tertiary/aromatic N) is 3. The van der Waals surface area contributed by atoms with Crippen LogP contribution in [-0.4, -0.2) is 14.8 Å². The highest BCUT2D eigenvalue weighted by molar-refractivity contribution is 5.63. The molecule has 0 saturated carbocycles. The highest BCUT2D eigenvalue weighted by Gasteiger charge is 2.15. The Morgan fingerprint density at radius 1 is 1.00 bits per heavy atom. The maximum absolute atomic E-state index is 13.4. The van der Waals surface area contributed by atoms with E-state index in [1.807, 2.05) is 53.5 Å².